The first-order valence-electron chi connectivity index (χ1n) is 11.4. The number of ether oxygens (including phenoxy) is 1. The number of rotatable bonds is 9. The van der Waals surface area contributed by atoms with Crippen molar-refractivity contribution in [3.63, 3.8) is 0 Å². The van der Waals surface area contributed by atoms with E-state index in [0.717, 1.165) is 6.07 Å². The molecule has 0 radical (unpaired) electrons. The molecule has 0 bridgehead atoms. The van der Waals surface area contributed by atoms with Crippen LogP contribution in [0.2, 0.25) is 5.02 Å². The SMILES string of the molecule is CCOC(=O)/C=C/c1cccc(-c2cnc(Nc3ccc(F)c(Cl)c3)nc2-n2nc(C(F)F)cc2C(F)F)c1. The number of esters is 1. The van der Waals surface area contributed by atoms with Crippen LogP contribution in [0.4, 0.5) is 33.6 Å². The van der Waals surface area contributed by atoms with Crippen LogP contribution in [-0.4, -0.2) is 32.3 Å². The maximum Gasteiger partial charge on any atom is 0.330 e. The molecule has 0 aliphatic heterocycles. The largest absolute Gasteiger partial charge is 0.463 e. The normalized spacial score (nSPS) is 11.5. The Morgan fingerprint density at radius 1 is 1.13 bits per heavy atom. The van der Waals surface area contributed by atoms with Gasteiger partial charge in [-0.2, -0.15) is 10.1 Å². The number of halogens is 6. The van der Waals surface area contributed by atoms with Crippen molar-refractivity contribution in [3.8, 4) is 16.9 Å². The summed E-state index contributed by atoms with van der Waals surface area (Å²) in [6.45, 7) is 1.87. The van der Waals surface area contributed by atoms with E-state index < -0.39 is 36.0 Å². The van der Waals surface area contributed by atoms with E-state index in [1.165, 1.54) is 30.5 Å². The highest BCUT2D eigenvalue weighted by molar-refractivity contribution is 6.31. The molecule has 0 aliphatic rings. The lowest BCUT2D eigenvalue weighted by atomic mass is 10.0. The molecule has 0 aliphatic carbocycles. The highest BCUT2D eigenvalue weighted by atomic mass is 35.5. The molecule has 202 valence electrons. The molecule has 1 N–H and O–H groups in total. The van der Waals surface area contributed by atoms with E-state index in [1.54, 1.807) is 31.2 Å². The zero-order chi connectivity index (χ0) is 28.1. The Labute approximate surface area is 223 Å². The predicted molar refractivity (Wildman–Crippen MR) is 135 cm³/mol. The van der Waals surface area contributed by atoms with Crippen LogP contribution in [0.25, 0.3) is 23.0 Å². The molecule has 0 fully saturated rings. The summed E-state index contributed by atoms with van der Waals surface area (Å²) >= 11 is 5.82. The molecule has 4 aromatic rings. The quantitative estimate of drug-likeness (QED) is 0.131. The number of aromatic nitrogens is 4. The van der Waals surface area contributed by atoms with Crippen molar-refractivity contribution in [1.29, 1.82) is 0 Å². The molecule has 0 amide bonds. The first kappa shape index (κ1) is 27.7. The summed E-state index contributed by atoms with van der Waals surface area (Å²) in [4.78, 5) is 20.2. The molecule has 7 nitrogen and oxygen atoms in total. The number of anilines is 2. The zero-order valence-electron chi connectivity index (χ0n) is 20.1. The van der Waals surface area contributed by atoms with E-state index in [9.17, 15) is 26.7 Å². The van der Waals surface area contributed by atoms with Crippen LogP contribution in [0.3, 0.4) is 0 Å². The maximum absolute atomic E-state index is 13.9. The molecule has 0 saturated heterocycles. The molecule has 39 heavy (non-hydrogen) atoms. The molecule has 0 saturated carbocycles. The molecular formula is C26H19ClF5N5O2. The minimum absolute atomic E-state index is 0.121. The Bertz CT molecular complexity index is 1530. The van der Waals surface area contributed by atoms with Crippen molar-refractivity contribution >= 4 is 35.3 Å². The second-order valence-electron chi connectivity index (χ2n) is 7.90. The van der Waals surface area contributed by atoms with E-state index in [4.69, 9.17) is 16.3 Å². The summed E-state index contributed by atoms with van der Waals surface area (Å²) in [5.41, 5.74) is -0.233. The van der Waals surface area contributed by atoms with Gasteiger partial charge in [0.1, 0.15) is 17.2 Å². The van der Waals surface area contributed by atoms with Gasteiger partial charge >= 0.3 is 5.97 Å². The van der Waals surface area contributed by atoms with Gasteiger partial charge < -0.3 is 10.1 Å². The number of hydrogen-bond donors (Lipinski definition) is 1. The molecule has 2 heterocycles. The van der Waals surface area contributed by atoms with Crippen LogP contribution >= 0.6 is 11.6 Å². The predicted octanol–water partition coefficient (Wildman–Crippen LogP) is 7.32. The topological polar surface area (TPSA) is 81.9 Å². The van der Waals surface area contributed by atoms with Crippen LogP contribution in [0.1, 0.15) is 36.7 Å². The highest BCUT2D eigenvalue weighted by Gasteiger charge is 2.25. The molecule has 13 heteroatoms. The number of carbonyl (C=O) groups is 1. The first-order chi connectivity index (χ1) is 18.7. The fourth-order valence-corrected chi connectivity index (χ4v) is 3.69. The number of carbonyl (C=O) groups excluding carboxylic acids is 1. The van der Waals surface area contributed by atoms with Gasteiger partial charge in [0, 0.05) is 23.5 Å². The molecule has 0 atom stereocenters. The summed E-state index contributed by atoms with van der Waals surface area (Å²) in [7, 11) is 0. The van der Waals surface area contributed by atoms with E-state index in [0.29, 0.717) is 21.9 Å². The minimum Gasteiger partial charge on any atom is -0.463 e. The number of hydrogen-bond acceptors (Lipinski definition) is 6. The number of nitrogens with zero attached hydrogens (tertiary/aromatic N) is 4. The minimum atomic E-state index is -3.15. The smallest absolute Gasteiger partial charge is 0.330 e. The van der Waals surface area contributed by atoms with Crippen molar-refractivity contribution in [2.24, 2.45) is 0 Å². The van der Waals surface area contributed by atoms with Crippen LogP contribution in [-0.2, 0) is 9.53 Å². The van der Waals surface area contributed by atoms with Gasteiger partial charge in [0.2, 0.25) is 5.95 Å². The second kappa shape index (κ2) is 12.0. The third kappa shape index (κ3) is 6.58. The van der Waals surface area contributed by atoms with Gasteiger partial charge in [-0.25, -0.2) is 36.4 Å². The Balaban J connectivity index is 1.84. The summed E-state index contributed by atoms with van der Waals surface area (Å²) < 4.78 is 73.6. The lowest BCUT2D eigenvalue weighted by Gasteiger charge is -2.14. The van der Waals surface area contributed by atoms with E-state index >= 15 is 0 Å². The highest BCUT2D eigenvalue weighted by Crippen LogP contribution is 2.33. The average molecular weight is 564 g/mol. The first-order valence-corrected chi connectivity index (χ1v) is 11.7. The third-order valence-corrected chi connectivity index (χ3v) is 5.53. The molecule has 0 unspecified atom stereocenters. The van der Waals surface area contributed by atoms with E-state index in [-0.39, 0.29) is 34.6 Å². The number of alkyl halides is 4. The second-order valence-corrected chi connectivity index (χ2v) is 8.31. The monoisotopic (exact) mass is 563 g/mol. The van der Waals surface area contributed by atoms with Gasteiger partial charge in [0.15, 0.2) is 5.82 Å². The molecule has 0 spiro atoms. The third-order valence-electron chi connectivity index (χ3n) is 5.24. The van der Waals surface area contributed by atoms with Crippen molar-refractivity contribution in [3.05, 3.63) is 88.6 Å². The number of nitrogens with one attached hydrogen (secondary N) is 1. The van der Waals surface area contributed by atoms with Gasteiger partial charge in [0.25, 0.3) is 12.9 Å². The van der Waals surface area contributed by atoms with Crippen LogP contribution < -0.4 is 5.32 Å². The Morgan fingerprint density at radius 2 is 1.92 bits per heavy atom. The molecule has 4 rings (SSSR count). The number of benzene rings is 2. The van der Waals surface area contributed by atoms with Gasteiger partial charge in [-0.15, -0.1) is 0 Å². The molecular weight excluding hydrogens is 545 g/mol. The van der Waals surface area contributed by atoms with Crippen molar-refractivity contribution in [1.82, 2.24) is 19.7 Å². The van der Waals surface area contributed by atoms with Gasteiger partial charge in [0.05, 0.1) is 11.6 Å². The summed E-state index contributed by atoms with van der Waals surface area (Å²) in [5, 5.41) is 6.29. The maximum atomic E-state index is 13.9. The fourth-order valence-electron chi connectivity index (χ4n) is 3.51. The van der Waals surface area contributed by atoms with Crippen LogP contribution in [0.15, 0.2) is 60.8 Å². The fraction of sp³-hybridized carbons (Fsp3) is 0.154. The Hall–Kier alpha value is -4.32. The standard InChI is InChI=1S/C26H19ClF5N5O2/c1-2-39-22(38)9-6-14-4-3-5-15(10-14)17-13-33-26(34-16-7-8-19(28)18(27)11-16)35-25(17)37-21(24(31)32)12-20(36-37)23(29)30/h3-13,23-24H,2H2,1H3,(H,33,34,35)/b9-6+. The lowest BCUT2D eigenvalue weighted by Crippen LogP contribution is -2.10. The van der Waals surface area contributed by atoms with Crippen LogP contribution in [0, 0.1) is 5.82 Å². The van der Waals surface area contributed by atoms with Crippen LogP contribution in [0.5, 0.6) is 0 Å². The van der Waals surface area contributed by atoms with Gasteiger partial charge in [-0.3, -0.25) is 0 Å². The summed E-state index contributed by atoms with van der Waals surface area (Å²) in [6, 6.07) is 10.9. The van der Waals surface area contributed by atoms with Crippen molar-refractivity contribution < 1.29 is 31.5 Å². The Morgan fingerprint density at radius 3 is 2.62 bits per heavy atom. The van der Waals surface area contributed by atoms with E-state index in [1.807, 2.05) is 0 Å². The Kier molecular flexibility index (Phi) is 8.55. The zero-order valence-corrected chi connectivity index (χ0v) is 20.8. The summed E-state index contributed by atoms with van der Waals surface area (Å²) in [5.74, 6) is -1.56. The van der Waals surface area contributed by atoms with Gasteiger partial charge in [-0.05, 0) is 54.5 Å². The summed E-state index contributed by atoms with van der Waals surface area (Å²) in [6.07, 6.45) is -2.26. The molecule has 2 aromatic carbocycles. The van der Waals surface area contributed by atoms with Crippen molar-refractivity contribution in [2.75, 3.05) is 11.9 Å². The molecule has 2 aromatic heterocycles. The van der Waals surface area contributed by atoms with E-state index in [2.05, 4.69) is 20.4 Å². The lowest BCUT2D eigenvalue weighted by molar-refractivity contribution is -0.137. The average Bonchev–Trinajstić information content (AvgIpc) is 3.36. The van der Waals surface area contributed by atoms with Gasteiger partial charge in [-0.1, -0.05) is 29.8 Å². The van der Waals surface area contributed by atoms with Crippen molar-refractivity contribution in [2.45, 2.75) is 19.8 Å².